The number of piperidine rings is 1. The molecule has 0 unspecified atom stereocenters. The first kappa shape index (κ1) is 23.7. The van der Waals surface area contributed by atoms with Gasteiger partial charge in [-0.05, 0) is 55.7 Å². The van der Waals surface area contributed by atoms with Crippen molar-refractivity contribution in [1.29, 1.82) is 0 Å². The summed E-state index contributed by atoms with van der Waals surface area (Å²) >= 11 is 0. The monoisotopic (exact) mass is 512 g/mol. The van der Waals surface area contributed by atoms with Crippen molar-refractivity contribution in [2.45, 2.75) is 43.9 Å². The highest BCUT2D eigenvalue weighted by Gasteiger charge is 2.50. The molecule has 192 valence electrons. The molecule has 2 aliphatic carbocycles. The highest BCUT2D eigenvalue weighted by molar-refractivity contribution is 6.00. The molecule has 1 amide bonds. The van der Waals surface area contributed by atoms with Gasteiger partial charge in [-0.1, -0.05) is 6.07 Å². The number of rotatable bonds is 6. The molecule has 3 fully saturated rings. The molecule has 0 N–H and O–H groups in total. The Morgan fingerprint density at radius 1 is 1.03 bits per heavy atom. The SMILES string of the molecule is O=C(c1cccc(F)c1-c1ncccn1)N1C[C@H]2C[C@@H](N(CC3CC3)c3cnc(C(F)(F)F)cn3)[C@@H]1C2. The Morgan fingerprint density at radius 3 is 2.46 bits per heavy atom. The largest absolute Gasteiger partial charge is 0.434 e. The van der Waals surface area contributed by atoms with Crippen LogP contribution < -0.4 is 4.90 Å². The summed E-state index contributed by atoms with van der Waals surface area (Å²) in [6.45, 7) is 1.20. The summed E-state index contributed by atoms with van der Waals surface area (Å²) in [5.41, 5.74) is -0.773. The lowest BCUT2D eigenvalue weighted by Gasteiger charge is -2.41. The first-order valence-electron chi connectivity index (χ1n) is 12.3. The van der Waals surface area contributed by atoms with E-state index in [0.717, 1.165) is 31.9 Å². The third-order valence-electron chi connectivity index (χ3n) is 7.52. The number of benzene rings is 1. The summed E-state index contributed by atoms with van der Waals surface area (Å²) in [6.07, 6.45) is 4.07. The zero-order chi connectivity index (χ0) is 25.7. The Balaban J connectivity index is 1.30. The lowest BCUT2D eigenvalue weighted by atomic mass is 10.00. The molecule has 1 aromatic carbocycles. The normalized spacial score (nSPS) is 22.9. The van der Waals surface area contributed by atoms with Crippen LogP contribution in [0.3, 0.4) is 0 Å². The van der Waals surface area contributed by atoms with E-state index >= 15 is 0 Å². The van der Waals surface area contributed by atoms with Crippen molar-refractivity contribution >= 4 is 11.7 Å². The van der Waals surface area contributed by atoms with Crippen LogP contribution in [0.25, 0.3) is 11.4 Å². The number of carbonyl (C=O) groups is 1. The molecule has 1 aliphatic heterocycles. The van der Waals surface area contributed by atoms with Gasteiger partial charge < -0.3 is 9.80 Å². The van der Waals surface area contributed by atoms with Gasteiger partial charge in [-0.25, -0.2) is 24.3 Å². The van der Waals surface area contributed by atoms with Gasteiger partial charge in [0.2, 0.25) is 0 Å². The van der Waals surface area contributed by atoms with Crippen LogP contribution in [0.4, 0.5) is 23.4 Å². The lowest BCUT2D eigenvalue weighted by molar-refractivity contribution is -0.141. The summed E-state index contributed by atoms with van der Waals surface area (Å²) in [4.78, 5) is 33.7. The van der Waals surface area contributed by atoms with Crippen LogP contribution in [-0.4, -0.2) is 55.9 Å². The van der Waals surface area contributed by atoms with Gasteiger partial charge in [-0.3, -0.25) is 4.79 Å². The topological polar surface area (TPSA) is 75.1 Å². The van der Waals surface area contributed by atoms with Gasteiger partial charge in [0, 0.05) is 25.5 Å². The zero-order valence-electron chi connectivity index (χ0n) is 19.8. The molecule has 3 aromatic rings. The molecule has 0 spiro atoms. The molecule has 2 aromatic heterocycles. The minimum absolute atomic E-state index is 0.0656. The van der Waals surface area contributed by atoms with Crippen LogP contribution >= 0.6 is 0 Å². The minimum atomic E-state index is -4.56. The summed E-state index contributed by atoms with van der Waals surface area (Å²) in [5, 5.41) is 0. The fourth-order valence-electron chi connectivity index (χ4n) is 5.67. The third kappa shape index (κ3) is 4.51. The Hall–Kier alpha value is -3.63. The molecule has 3 heterocycles. The van der Waals surface area contributed by atoms with E-state index in [-0.39, 0.29) is 40.9 Å². The molecule has 11 heteroatoms. The van der Waals surface area contributed by atoms with Crippen LogP contribution in [-0.2, 0) is 6.18 Å². The Bertz CT molecular complexity index is 1300. The second-order valence-corrected chi connectivity index (χ2v) is 10.0. The minimum Gasteiger partial charge on any atom is -0.350 e. The van der Waals surface area contributed by atoms with E-state index in [0.29, 0.717) is 24.8 Å². The number of carbonyl (C=O) groups excluding carboxylic acids is 1. The zero-order valence-corrected chi connectivity index (χ0v) is 19.8. The number of hydrogen-bond donors (Lipinski definition) is 0. The molecular formula is C26H24F4N6O. The summed E-state index contributed by atoms with van der Waals surface area (Å²) in [5.74, 6) is 0.331. The Morgan fingerprint density at radius 2 is 1.81 bits per heavy atom. The molecule has 7 nitrogen and oxygen atoms in total. The lowest BCUT2D eigenvalue weighted by Crippen LogP contribution is -2.53. The summed E-state index contributed by atoms with van der Waals surface area (Å²) in [6, 6.07) is 5.70. The van der Waals surface area contributed by atoms with Crippen LogP contribution in [0.1, 0.15) is 41.7 Å². The molecular weight excluding hydrogens is 488 g/mol. The second-order valence-electron chi connectivity index (χ2n) is 10.0. The summed E-state index contributed by atoms with van der Waals surface area (Å²) in [7, 11) is 0. The van der Waals surface area contributed by atoms with Crippen molar-refractivity contribution in [3.05, 3.63) is 66.1 Å². The van der Waals surface area contributed by atoms with E-state index < -0.39 is 17.7 Å². The fourth-order valence-corrected chi connectivity index (χ4v) is 5.67. The number of fused-ring (bicyclic) bond motifs is 2. The molecule has 2 bridgehead atoms. The van der Waals surface area contributed by atoms with E-state index in [1.165, 1.54) is 30.7 Å². The van der Waals surface area contributed by atoms with Crippen molar-refractivity contribution in [1.82, 2.24) is 24.8 Å². The number of nitrogens with zero attached hydrogens (tertiary/aromatic N) is 6. The average molecular weight is 513 g/mol. The highest BCUT2D eigenvalue weighted by atomic mass is 19.4. The van der Waals surface area contributed by atoms with Gasteiger partial charge in [-0.15, -0.1) is 0 Å². The maximum atomic E-state index is 14.9. The van der Waals surface area contributed by atoms with Crippen LogP contribution in [0.5, 0.6) is 0 Å². The van der Waals surface area contributed by atoms with Crippen LogP contribution in [0, 0.1) is 17.7 Å². The van der Waals surface area contributed by atoms with Gasteiger partial charge in [0.25, 0.3) is 5.91 Å². The van der Waals surface area contributed by atoms with Crippen molar-refractivity contribution in [3.63, 3.8) is 0 Å². The van der Waals surface area contributed by atoms with E-state index in [1.54, 1.807) is 17.0 Å². The van der Waals surface area contributed by atoms with Crippen molar-refractivity contribution < 1.29 is 22.4 Å². The molecule has 1 saturated heterocycles. The maximum absolute atomic E-state index is 14.9. The van der Waals surface area contributed by atoms with Crippen LogP contribution in [0.15, 0.2) is 49.1 Å². The molecule has 0 radical (unpaired) electrons. The average Bonchev–Trinajstić information content (AvgIpc) is 3.49. The molecule has 2 saturated carbocycles. The predicted molar refractivity (Wildman–Crippen MR) is 126 cm³/mol. The Labute approximate surface area is 210 Å². The first-order valence-corrected chi connectivity index (χ1v) is 12.3. The van der Waals surface area contributed by atoms with E-state index in [1.807, 2.05) is 4.90 Å². The predicted octanol–water partition coefficient (Wildman–Crippen LogP) is 4.61. The van der Waals surface area contributed by atoms with Crippen molar-refractivity contribution in [2.24, 2.45) is 11.8 Å². The number of halogens is 4. The summed E-state index contributed by atoms with van der Waals surface area (Å²) < 4.78 is 54.1. The van der Waals surface area contributed by atoms with Crippen LogP contribution in [0.2, 0.25) is 0 Å². The van der Waals surface area contributed by atoms with Gasteiger partial charge in [0.05, 0.1) is 35.6 Å². The molecule has 3 atom stereocenters. The van der Waals surface area contributed by atoms with Crippen molar-refractivity contribution in [3.8, 4) is 11.4 Å². The highest BCUT2D eigenvalue weighted by Crippen LogP contribution is 2.44. The van der Waals surface area contributed by atoms with Gasteiger partial charge in [0.15, 0.2) is 11.5 Å². The van der Waals surface area contributed by atoms with Crippen molar-refractivity contribution in [2.75, 3.05) is 18.0 Å². The maximum Gasteiger partial charge on any atom is 0.434 e. The van der Waals surface area contributed by atoms with Gasteiger partial charge >= 0.3 is 6.18 Å². The standard InChI is InChI=1S/C26H24F4N6O/c27-18-4-1-3-17(23(18)24-31-7-2-8-32-24)25(37)36-14-16-9-19(20(36)10-16)35(13-15-5-6-15)22-12-33-21(11-34-22)26(28,29)30/h1-4,7-8,11-12,15-16,19-20H,5-6,9-10,13-14H2/t16-,19+,20-/m0/s1. The Kier molecular flexibility index (Phi) is 5.80. The quantitative estimate of drug-likeness (QED) is 0.449. The second kappa shape index (κ2) is 9.04. The number of alkyl halides is 3. The van der Waals surface area contributed by atoms with Gasteiger partial charge in [0.1, 0.15) is 11.6 Å². The first-order chi connectivity index (χ1) is 17.8. The molecule has 6 rings (SSSR count). The number of amides is 1. The number of hydrogen-bond acceptors (Lipinski definition) is 6. The van der Waals surface area contributed by atoms with E-state index in [4.69, 9.17) is 0 Å². The van der Waals surface area contributed by atoms with Gasteiger partial charge in [-0.2, -0.15) is 13.2 Å². The number of aromatic nitrogens is 4. The molecule has 3 aliphatic rings. The molecule has 37 heavy (non-hydrogen) atoms. The fraction of sp³-hybridized carbons (Fsp3) is 0.423. The smallest absolute Gasteiger partial charge is 0.350 e. The number of anilines is 1. The van der Waals surface area contributed by atoms with E-state index in [2.05, 4.69) is 19.9 Å². The third-order valence-corrected chi connectivity index (χ3v) is 7.52. The number of likely N-dealkylation sites (tertiary alicyclic amines) is 1. The van der Waals surface area contributed by atoms with E-state index in [9.17, 15) is 22.4 Å².